The van der Waals surface area contributed by atoms with Gasteiger partial charge >= 0.3 is 0 Å². The Morgan fingerprint density at radius 1 is 1.04 bits per heavy atom. The molecule has 0 unspecified atom stereocenters. The zero-order valence-corrected chi connectivity index (χ0v) is 16.1. The Morgan fingerprint density at radius 3 is 2.57 bits per heavy atom. The van der Waals surface area contributed by atoms with Crippen molar-refractivity contribution in [2.24, 2.45) is 7.05 Å². The van der Waals surface area contributed by atoms with Crippen molar-refractivity contribution in [1.29, 1.82) is 0 Å². The largest absolute Gasteiger partial charge is 0.494 e. The van der Waals surface area contributed by atoms with E-state index in [-0.39, 0.29) is 5.82 Å². The first-order valence-electron chi connectivity index (χ1n) is 9.13. The normalized spacial score (nSPS) is 11.1. The highest BCUT2D eigenvalue weighted by atomic mass is 19.1. The van der Waals surface area contributed by atoms with Gasteiger partial charge in [0.2, 0.25) is 0 Å². The number of nitrogens with zero attached hydrogens (tertiary/aromatic N) is 4. The van der Waals surface area contributed by atoms with Crippen molar-refractivity contribution in [2.75, 3.05) is 7.11 Å². The van der Waals surface area contributed by atoms with E-state index in [0.29, 0.717) is 35.3 Å². The maximum Gasteiger partial charge on any atom is 0.148 e. The molecule has 0 bridgehead atoms. The molecule has 5 nitrogen and oxygen atoms in total. The van der Waals surface area contributed by atoms with Crippen LogP contribution in [0.4, 0.5) is 4.39 Å². The predicted octanol–water partition coefficient (Wildman–Crippen LogP) is 4.27. The number of fused-ring (bicyclic) bond motifs is 1. The number of rotatable bonds is 5. The highest BCUT2D eigenvalue weighted by molar-refractivity contribution is 5.86. The van der Waals surface area contributed by atoms with Crippen LogP contribution in [0.5, 0.6) is 5.75 Å². The summed E-state index contributed by atoms with van der Waals surface area (Å²) in [5.74, 6) is 1.65. The smallest absolute Gasteiger partial charge is 0.148 e. The van der Waals surface area contributed by atoms with E-state index < -0.39 is 0 Å². The molecular weight excluding hydrogens is 355 g/mol. The Morgan fingerprint density at radius 2 is 1.82 bits per heavy atom. The monoisotopic (exact) mass is 376 g/mol. The van der Waals surface area contributed by atoms with E-state index in [2.05, 4.69) is 9.97 Å². The molecule has 4 aromatic rings. The van der Waals surface area contributed by atoms with Gasteiger partial charge in [-0.05, 0) is 19.4 Å². The van der Waals surface area contributed by atoms with Gasteiger partial charge < -0.3 is 9.30 Å². The van der Waals surface area contributed by atoms with E-state index in [1.807, 2.05) is 55.1 Å². The summed E-state index contributed by atoms with van der Waals surface area (Å²) >= 11 is 0. The van der Waals surface area contributed by atoms with Gasteiger partial charge in [-0.15, -0.1) is 0 Å². The molecule has 0 spiro atoms. The fourth-order valence-corrected chi connectivity index (χ4v) is 3.41. The third kappa shape index (κ3) is 3.45. The van der Waals surface area contributed by atoms with Gasteiger partial charge in [0.25, 0.3) is 0 Å². The second-order valence-electron chi connectivity index (χ2n) is 6.74. The van der Waals surface area contributed by atoms with E-state index in [4.69, 9.17) is 9.72 Å². The average molecular weight is 376 g/mol. The van der Waals surface area contributed by atoms with Crippen molar-refractivity contribution in [3.63, 3.8) is 0 Å². The number of aryl methyl sites for hydroxylation is 4. The highest BCUT2D eigenvalue weighted by Gasteiger charge is 2.14. The van der Waals surface area contributed by atoms with Crippen LogP contribution in [-0.4, -0.2) is 26.6 Å². The van der Waals surface area contributed by atoms with Crippen molar-refractivity contribution in [2.45, 2.75) is 19.8 Å². The van der Waals surface area contributed by atoms with Crippen LogP contribution in [-0.2, 0) is 19.9 Å². The van der Waals surface area contributed by atoms with Crippen LogP contribution in [0, 0.1) is 12.7 Å². The number of ether oxygens (including phenoxy) is 1. The molecule has 0 atom stereocenters. The van der Waals surface area contributed by atoms with E-state index in [1.165, 1.54) is 19.2 Å². The number of aromatic nitrogens is 4. The molecule has 0 saturated carbocycles. The van der Waals surface area contributed by atoms with E-state index >= 15 is 0 Å². The average Bonchev–Trinajstić information content (AvgIpc) is 3.07. The van der Waals surface area contributed by atoms with Gasteiger partial charge in [-0.1, -0.05) is 30.3 Å². The molecule has 0 aliphatic carbocycles. The van der Waals surface area contributed by atoms with Crippen molar-refractivity contribution in [3.05, 3.63) is 71.8 Å². The zero-order valence-electron chi connectivity index (χ0n) is 16.1. The topological polar surface area (TPSA) is 52.8 Å². The first kappa shape index (κ1) is 18.1. The van der Waals surface area contributed by atoms with Crippen molar-refractivity contribution in [1.82, 2.24) is 19.5 Å². The number of methoxy groups -OCH3 is 1. The molecule has 6 heteroatoms. The lowest BCUT2D eigenvalue weighted by atomic mass is 10.1. The Kier molecular flexibility index (Phi) is 4.77. The minimum absolute atomic E-state index is 0.360. The molecular formula is C22H21FN4O. The van der Waals surface area contributed by atoms with Gasteiger partial charge in [0.1, 0.15) is 28.7 Å². The standard InChI is InChI=1S/C22H21FN4O/c1-14-24-18(17-11-16(23)12-20(28-3)22(17)25-14)9-10-21-26-19(13-27(21)2)15-7-5-4-6-8-15/h4-8,11-13H,9-10H2,1-3H3. The molecule has 0 saturated heterocycles. The summed E-state index contributed by atoms with van der Waals surface area (Å²) in [6.07, 6.45) is 3.34. The summed E-state index contributed by atoms with van der Waals surface area (Å²) < 4.78 is 21.4. The van der Waals surface area contributed by atoms with Gasteiger partial charge in [0, 0.05) is 36.7 Å². The number of benzene rings is 2. The first-order valence-corrected chi connectivity index (χ1v) is 9.13. The SMILES string of the molecule is COc1cc(F)cc2c(CCc3nc(-c4ccccc4)cn3C)nc(C)nc12. The van der Waals surface area contributed by atoms with Crippen molar-refractivity contribution < 1.29 is 9.13 Å². The summed E-state index contributed by atoms with van der Waals surface area (Å²) in [6, 6.07) is 12.9. The summed E-state index contributed by atoms with van der Waals surface area (Å²) in [7, 11) is 3.51. The predicted molar refractivity (Wildman–Crippen MR) is 107 cm³/mol. The number of hydrogen-bond donors (Lipinski definition) is 0. The Hall–Kier alpha value is -3.28. The maximum absolute atomic E-state index is 14.0. The first-order chi connectivity index (χ1) is 13.5. The van der Waals surface area contributed by atoms with Crippen LogP contribution in [0.3, 0.4) is 0 Å². The third-order valence-electron chi connectivity index (χ3n) is 4.77. The van der Waals surface area contributed by atoms with Crippen LogP contribution in [0.25, 0.3) is 22.2 Å². The third-order valence-corrected chi connectivity index (χ3v) is 4.77. The molecule has 4 rings (SSSR count). The summed E-state index contributed by atoms with van der Waals surface area (Å²) in [4.78, 5) is 13.8. The van der Waals surface area contributed by atoms with Crippen LogP contribution in [0.2, 0.25) is 0 Å². The van der Waals surface area contributed by atoms with Crippen LogP contribution < -0.4 is 4.74 Å². The second kappa shape index (κ2) is 7.38. The minimum atomic E-state index is -0.360. The summed E-state index contributed by atoms with van der Waals surface area (Å²) in [5, 5.41) is 0.681. The molecule has 0 N–H and O–H groups in total. The Labute approximate surface area is 162 Å². The Balaban J connectivity index is 1.66. The number of halogens is 1. The molecule has 0 amide bonds. The minimum Gasteiger partial charge on any atom is -0.494 e. The number of hydrogen-bond acceptors (Lipinski definition) is 4. The molecule has 2 aromatic heterocycles. The Bertz CT molecular complexity index is 1140. The molecule has 0 radical (unpaired) electrons. The molecule has 0 aliphatic heterocycles. The fraction of sp³-hybridized carbons (Fsp3) is 0.227. The maximum atomic E-state index is 14.0. The van der Waals surface area contributed by atoms with Gasteiger partial charge in [-0.25, -0.2) is 19.3 Å². The van der Waals surface area contributed by atoms with E-state index in [9.17, 15) is 4.39 Å². The zero-order chi connectivity index (χ0) is 19.7. The second-order valence-corrected chi connectivity index (χ2v) is 6.74. The van der Waals surface area contributed by atoms with Gasteiger partial charge in [0.05, 0.1) is 18.5 Å². The summed E-state index contributed by atoms with van der Waals surface area (Å²) in [5.41, 5.74) is 3.45. The van der Waals surface area contributed by atoms with Crippen LogP contribution in [0.15, 0.2) is 48.7 Å². The van der Waals surface area contributed by atoms with Crippen LogP contribution >= 0.6 is 0 Å². The van der Waals surface area contributed by atoms with Gasteiger partial charge in [-0.2, -0.15) is 0 Å². The van der Waals surface area contributed by atoms with E-state index in [1.54, 1.807) is 0 Å². The molecule has 2 aromatic carbocycles. The van der Waals surface area contributed by atoms with E-state index in [0.717, 1.165) is 22.8 Å². The highest BCUT2D eigenvalue weighted by Crippen LogP contribution is 2.28. The summed E-state index contributed by atoms with van der Waals surface area (Å²) in [6.45, 7) is 1.83. The lowest BCUT2D eigenvalue weighted by Crippen LogP contribution is -2.04. The molecule has 28 heavy (non-hydrogen) atoms. The fourth-order valence-electron chi connectivity index (χ4n) is 3.41. The van der Waals surface area contributed by atoms with Crippen molar-refractivity contribution >= 4 is 10.9 Å². The lowest BCUT2D eigenvalue weighted by Gasteiger charge is -2.10. The molecule has 0 aliphatic rings. The molecule has 0 fully saturated rings. The quantitative estimate of drug-likeness (QED) is 0.522. The van der Waals surface area contributed by atoms with Gasteiger partial charge in [0.15, 0.2) is 0 Å². The lowest BCUT2D eigenvalue weighted by molar-refractivity contribution is 0.415. The van der Waals surface area contributed by atoms with Crippen LogP contribution in [0.1, 0.15) is 17.3 Å². The number of imidazole rings is 1. The molecule has 142 valence electrons. The van der Waals surface area contributed by atoms with Crippen molar-refractivity contribution in [3.8, 4) is 17.0 Å². The molecule has 2 heterocycles. The van der Waals surface area contributed by atoms with Gasteiger partial charge in [-0.3, -0.25) is 0 Å².